The Hall–Kier alpha value is -2.93. The summed E-state index contributed by atoms with van der Waals surface area (Å²) in [7, 11) is 1.54. The maximum absolute atomic E-state index is 13.8. The van der Waals surface area contributed by atoms with Crippen molar-refractivity contribution in [1.29, 1.82) is 0 Å². The number of fused-ring (bicyclic) bond motifs is 3. The number of ether oxygens (including phenoxy) is 1. The summed E-state index contributed by atoms with van der Waals surface area (Å²) in [5, 5.41) is 3.62. The summed E-state index contributed by atoms with van der Waals surface area (Å²) in [6, 6.07) is 8.82. The van der Waals surface area contributed by atoms with Crippen LogP contribution in [0.2, 0.25) is 5.02 Å². The number of aromatic nitrogens is 1. The number of benzene rings is 1. The van der Waals surface area contributed by atoms with E-state index in [1.807, 2.05) is 17.6 Å². The Morgan fingerprint density at radius 2 is 1.97 bits per heavy atom. The smallest absolute Gasteiger partial charge is 0.276 e. The first-order valence-corrected chi connectivity index (χ1v) is 11.8. The molecule has 1 saturated carbocycles. The summed E-state index contributed by atoms with van der Waals surface area (Å²) in [5.74, 6) is 0.745. The fraction of sp³-hybridized carbons (Fsp3) is 0.440. The van der Waals surface area contributed by atoms with Gasteiger partial charge in [0, 0.05) is 23.9 Å². The van der Waals surface area contributed by atoms with Gasteiger partial charge in [-0.2, -0.15) is 0 Å². The topological polar surface area (TPSA) is 76.7 Å². The molecule has 0 bridgehead atoms. The minimum absolute atomic E-state index is 0.113. The van der Waals surface area contributed by atoms with E-state index in [4.69, 9.17) is 20.8 Å². The number of carbonyl (C=O) groups is 2. The lowest BCUT2D eigenvalue weighted by molar-refractivity contribution is -0.127. The molecule has 1 aliphatic heterocycles. The Labute approximate surface area is 197 Å². The summed E-state index contributed by atoms with van der Waals surface area (Å²) in [4.78, 5) is 29.2. The van der Waals surface area contributed by atoms with Gasteiger partial charge in [0.2, 0.25) is 5.91 Å². The number of hydrogen-bond acceptors (Lipinski definition) is 4. The standard InChI is InChI=1S/C25H28ClN3O4/c1-15-4-6-16(7-5-15)27-24(31)25(2)14-28-19-10-11-33-22(19)13-20(28)23(30)29(25)17-8-9-21(32-3)18(26)12-17/h8-13,15-16H,4-7,14H2,1-3H3,(H,27,31). The molecule has 1 unspecified atom stereocenters. The van der Waals surface area contributed by atoms with Crippen LogP contribution in [0.25, 0.3) is 11.1 Å². The first kappa shape index (κ1) is 21.9. The molecule has 1 aromatic carbocycles. The van der Waals surface area contributed by atoms with E-state index < -0.39 is 5.54 Å². The van der Waals surface area contributed by atoms with Crippen LogP contribution in [-0.4, -0.2) is 35.1 Å². The molecular formula is C25H28ClN3O4. The van der Waals surface area contributed by atoms with E-state index in [1.165, 1.54) is 7.11 Å². The van der Waals surface area contributed by atoms with Gasteiger partial charge in [-0.25, -0.2) is 0 Å². The van der Waals surface area contributed by atoms with Gasteiger partial charge in [-0.1, -0.05) is 18.5 Å². The minimum Gasteiger partial charge on any atom is -0.495 e. The molecule has 174 valence electrons. The molecule has 2 aromatic heterocycles. The van der Waals surface area contributed by atoms with Crippen LogP contribution in [-0.2, 0) is 11.3 Å². The van der Waals surface area contributed by atoms with E-state index in [0.29, 0.717) is 40.2 Å². The van der Waals surface area contributed by atoms with Gasteiger partial charge in [-0.3, -0.25) is 14.5 Å². The molecule has 3 heterocycles. The summed E-state index contributed by atoms with van der Waals surface area (Å²) in [5.41, 5.74) is 1.29. The molecule has 8 heteroatoms. The molecule has 3 aromatic rings. The summed E-state index contributed by atoms with van der Waals surface area (Å²) < 4.78 is 12.7. The lowest BCUT2D eigenvalue weighted by Gasteiger charge is -2.44. The Bertz CT molecular complexity index is 1220. The number of nitrogens with zero attached hydrogens (tertiary/aromatic N) is 2. The number of hydrogen-bond donors (Lipinski definition) is 1. The van der Waals surface area contributed by atoms with Crippen LogP contribution in [0.15, 0.2) is 41.0 Å². The predicted molar refractivity (Wildman–Crippen MR) is 127 cm³/mol. The lowest BCUT2D eigenvalue weighted by Crippen LogP contribution is -2.65. The second-order valence-corrected chi connectivity index (χ2v) is 9.86. The van der Waals surface area contributed by atoms with Crippen molar-refractivity contribution in [3.8, 4) is 5.75 Å². The fourth-order valence-corrected chi connectivity index (χ4v) is 5.41. The maximum atomic E-state index is 13.8. The van der Waals surface area contributed by atoms with Crippen LogP contribution in [0, 0.1) is 5.92 Å². The molecular weight excluding hydrogens is 442 g/mol. The average molecular weight is 470 g/mol. The van der Waals surface area contributed by atoms with Crippen LogP contribution >= 0.6 is 11.6 Å². The van der Waals surface area contributed by atoms with Gasteiger partial charge in [0.25, 0.3) is 5.91 Å². The van der Waals surface area contributed by atoms with Crippen molar-refractivity contribution in [1.82, 2.24) is 9.88 Å². The SMILES string of the molecule is COc1ccc(N2C(=O)c3cc4occc4n3CC2(C)C(=O)NC2CCC(C)CC2)cc1Cl. The van der Waals surface area contributed by atoms with Crippen LogP contribution in [0.1, 0.15) is 50.0 Å². The van der Waals surface area contributed by atoms with Gasteiger partial charge in [0.15, 0.2) is 5.58 Å². The van der Waals surface area contributed by atoms with E-state index >= 15 is 0 Å². The van der Waals surface area contributed by atoms with Crippen LogP contribution in [0.3, 0.4) is 0 Å². The van der Waals surface area contributed by atoms with Gasteiger partial charge in [0.05, 0.1) is 30.5 Å². The first-order valence-electron chi connectivity index (χ1n) is 11.4. The van der Waals surface area contributed by atoms with Crippen LogP contribution in [0.5, 0.6) is 5.75 Å². The molecule has 1 N–H and O–H groups in total. The van der Waals surface area contributed by atoms with E-state index in [0.717, 1.165) is 31.2 Å². The monoisotopic (exact) mass is 469 g/mol. The molecule has 2 aliphatic rings. The van der Waals surface area contributed by atoms with Crippen molar-refractivity contribution in [2.45, 2.75) is 57.7 Å². The molecule has 7 nitrogen and oxygen atoms in total. The molecule has 0 spiro atoms. The van der Waals surface area contributed by atoms with Crippen molar-refractivity contribution >= 4 is 40.2 Å². The van der Waals surface area contributed by atoms with E-state index in [2.05, 4.69) is 12.2 Å². The van der Waals surface area contributed by atoms with Crippen LogP contribution < -0.4 is 15.0 Å². The molecule has 0 radical (unpaired) electrons. The number of halogens is 1. The number of methoxy groups -OCH3 is 1. The zero-order valence-corrected chi connectivity index (χ0v) is 19.8. The van der Waals surface area contributed by atoms with Gasteiger partial charge in [-0.15, -0.1) is 0 Å². The van der Waals surface area contributed by atoms with Crippen LogP contribution in [0.4, 0.5) is 5.69 Å². The Kier molecular flexibility index (Phi) is 5.40. The second kappa shape index (κ2) is 8.13. The number of anilines is 1. The van der Waals surface area contributed by atoms with E-state index in [9.17, 15) is 9.59 Å². The highest BCUT2D eigenvalue weighted by Crippen LogP contribution is 2.39. The third kappa shape index (κ3) is 3.59. The number of rotatable bonds is 4. The number of nitrogens with one attached hydrogen (secondary N) is 1. The highest BCUT2D eigenvalue weighted by atomic mass is 35.5. The molecule has 1 atom stereocenters. The van der Waals surface area contributed by atoms with Crippen molar-refractivity contribution in [3.05, 3.63) is 47.3 Å². The molecule has 2 amide bonds. The van der Waals surface area contributed by atoms with Crippen molar-refractivity contribution in [2.75, 3.05) is 12.0 Å². The molecule has 33 heavy (non-hydrogen) atoms. The minimum atomic E-state index is -1.16. The predicted octanol–water partition coefficient (Wildman–Crippen LogP) is 5.01. The lowest BCUT2D eigenvalue weighted by atomic mass is 9.86. The highest BCUT2D eigenvalue weighted by Gasteiger charge is 2.49. The molecule has 5 rings (SSSR count). The first-order chi connectivity index (χ1) is 15.8. The van der Waals surface area contributed by atoms with Gasteiger partial charge in [-0.05, 0) is 56.7 Å². The van der Waals surface area contributed by atoms with Crippen molar-refractivity contribution in [2.24, 2.45) is 5.92 Å². The molecule has 1 aliphatic carbocycles. The number of amides is 2. The molecule has 1 fully saturated rings. The number of furan rings is 1. The Morgan fingerprint density at radius 1 is 1.21 bits per heavy atom. The van der Waals surface area contributed by atoms with Crippen molar-refractivity contribution < 1.29 is 18.7 Å². The second-order valence-electron chi connectivity index (χ2n) is 9.45. The maximum Gasteiger partial charge on any atom is 0.276 e. The zero-order valence-electron chi connectivity index (χ0n) is 19.1. The normalized spacial score (nSPS) is 25.2. The van der Waals surface area contributed by atoms with Gasteiger partial charge >= 0.3 is 0 Å². The third-order valence-electron chi connectivity index (χ3n) is 7.14. The highest BCUT2D eigenvalue weighted by molar-refractivity contribution is 6.32. The largest absolute Gasteiger partial charge is 0.495 e. The fourth-order valence-electron chi connectivity index (χ4n) is 5.16. The third-order valence-corrected chi connectivity index (χ3v) is 7.43. The summed E-state index contributed by atoms with van der Waals surface area (Å²) >= 11 is 6.40. The Morgan fingerprint density at radius 3 is 2.67 bits per heavy atom. The Balaban J connectivity index is 1.57. The van der Waals surface area contributed by atoms with E-state index in [-0.39, 0.29) is 17.9 Å². The molecule has 0 saturated heterocycles. The van der Waals surface area contributed by atoms with Gasteiger partial charge in [0.1, 0.15) is 17.0 Å². The average Bonchev–Trinajstić information content (AvgIpc) is 3.38. The van der Waals surface area contributed by atoms with Crippen molar-refractivity contribution in [3.63, 3.8) is 0 Å². The number of carbonyl (C=O) groups excluding carboxylic acids is 2. The van der Waals surface area contributed by atoms with E-state index in [1.54, 1.807) is 35.4 Å². The summed E-state index contributed by atoms with van der Waals surface area (Å²) in [6.45, 7) is 4.37. The van der Waals surface area contributed by atoms with Gasteiger partial charge < -0.3 is 19.0 Å². The zero-order chi connectivity index (χ0) is 23.3. The summed E-state index contributed by atoms with van der Waals surface area (Å²) in [6.07, 6.45) is 5.68. The quantitative estimate of drug-likeness (QED) is 0.582.